The van der Waals surface area contributed by atoms with E-state index in [9.17, 15) is 4.79 Å². The van der Waals surface area contributed by atoms with E-state index in [0.717, 1.165) is 22.4 Å². The summed E-state index contributed by atoms with van der Waals surface area (Å²) in [6.45, 7) is -0.0951. The third-order valence-corrected chi connectivity index (χ3v) is 4.17. The molecule has 2 aromatic carbocycles. The minimum atomic E-state index is -0.278. The van der Waals surface area contributed by atoms with Crippen molar-refractivity contribution in [1.29, 1.82) is 0 Å². The number of H-pyrrole nitrogens is 1. The van der Waals surface area contributed by atoms with Gasteiger partial charge in [0.1, 0.15) is 5.75 Å². The fourth-order valence-corrected chi connectivity index (χ4v) is 2.77. The van der Waals surface area contributed by atoms with E-state index in [-0.39, 0.29) is 12.5 Å². The molecule has 0 atom stereocenters. The number of ether oxygens (including phenoxy) is 1. The molecule has 138 valence electrons. The summed E-state index contributed by atoms with van der Waals surface area (Å²) in [5.41, 5.74) is 3.97. The number of nitrogens with zero attached hydrogens (tertiary/aromatic N) is 2. The van der Waals surface area contributed by atoms with E-state index >= 15 is 0 Å². The maximum absolute atomic E-state index is 12.1. The summed E-state index contributed by atoms with van der Waals surface area (Å²) in [5, 5.41) is 9.71. The van der Waals surface area contributed by atoms with E-state index < -0.39 is 0 Å². The Labute approximate surface area is 162 Å². The Morgan fingerprint density at radius 2 is 1.61 bits per heavy atom. The number of aromatic amines is 1. The number of nitrogens with one attached hydrogen (secondary N) is 2. The monoisotopic (exact) mass is 370 g/mol. The van der Waals surface area contributed by atoms with Crippen molar-refractivity contribution >= 4 is 11.7 Å². The van der Waals surface area contributed by atoms with Gasteiger partial charge in [0.05, 0.1) is 5.69 Å². The van der Waals surface area contributed by atoms with Gasteiger partial charge in [0.25, 0.3) is 5.91 Å². The quantitative estimate of drug-likeness (QED) is 0.534. The Kier molecular flexibility index (Phi) is 5.11. The van der Waals surface area contributed by atoms with Crippen LogP contribution in [0.1, 0.15) is 0 Å². The summed E-state index contributed by atoms with van der Waals surface area (Å²) < 4.78 is 5.56. The fraction of sp³-hybridized carbons (Fsp3) is 0.0455. The summed E-state index contributed by atoms with van der Waals surface area (Å²) in [6, 6.07) is 23.2. The first-order chi connectivity index (χ1) is 13.8. The van der Waals surface area contributed by atoms with E-state index in [2.05, 4.69) is 20.5 Å². The van der Waals surface area contributed by atoms with Gasteiger partial charge in [-0.1, -0.05) is 42.5 Å². The molecular weight excluding hydrogens is 352 g/mol. The van der Waals surface area contributed by atoms with Crippen LogP contribution in [-0.4, -0.2) is 27.7 Å². The van der Waals surface area contributed by atoms with Crippen molar-refractivity contribution in [2.45, 2.75) is 0 Å². The molecule has 0 aliphatic heterocycles. The number of benzene rings is 2. The number of anilines is 1. The SMILES string of the molecule is O=C(COc1ccc(-c2ccccc2)cc1)Nc1cc(-c2ccncc2)[nH]n1. The minimum absolute atomic E-state index is 0.0951. The second kappa shape index (κ2) is 8.18. The lowest BCUT2D eigenvalue weighted by atomic mass is 10.1. The van der Waals surface area contributed by atoms with Crippen LogP contribution in [0.25, 0.3) is 22.4 Å². The highest BCUT2D eigenvalue weighted by molar-refractivity contribution is 5.91. The Morgan fingerprint density at radius 1 is 0.893 bits per heavy atom. The van der Waals surface area contributed by atoms with Crippen LogP contribution >= 0.6 is 0 Å². The number of carbonyl (C=O) groups is 1. The molecule has 1 amide bonds. The number of hydrogen-bond acceptors (Lipinski definition) is 4. The van der Waals surface area contributed by atoms with Gasteiger partial charge >= 0.3 is 0 Å². The lowest BCUT2D eigenvalue weighted by Crippen LogP contribution is -2.20. The molecule has 4 aromatic rings. The van der Waals surface area contributed by atoms with Gasteiger partial charge in [0.2, 0.25) is 0 Å². The molecule has 0 bridgehead atoms. The molecule has 0 aliphatic carbocycles. The zero-order valence-corrected chi connectivity index (χ0v) is 15.0. The van der Waals surface area contributed by atoms with Gasteiger partial charge < -0.3 is 10.1 Å². The van der Waals surface area contributed by atoms with Crippen molar-refractivity contribution < 1.29 is 9.53 Å². The van der Waals surface area contributed by atoms with E-state index in [1.54, 1.807) is 18.5 Å². The van der Waals surface area contributed by atoms with Gasteiger partial charge in [-0.15, -0.1) is 0 Å². The molecule has 0 saturated heterocycles. The smallest absolute Gasteiger partial charge is 0.263 e. The number of amides is 1. The molecule has 0 radical (unpaired) electrons. The zero-order valence-electron chi connectivity index (χ0n) is 15.0. The molecule has 2 aromatic heterocycles. The molecule has 0 aliphatic rings. The van der Waals surface area contributed by atoms with Gasteiger partial charge in [0.15, 0.2) is 12.4 Å². The molecule has 0 unspecified atom stereocenters. The minimum Gasteiger partial charge on any atom is -0.484 e. The van der Waals surface area contributed by atoms with E-state index in [0.29, 0.717) is 11.6 Å². The Bertz CT molecular complexity index is 1040. The van der Waals surface area contributed by atoms with Crippen LogP contribution in [0.5, 0.6) is 5.75 Å². The molecule has 0 saturated carbocycles. The maximum atomic E-state index is 12.1. The van der Waals surface area contributed by atoms with E-state index in [1.807, 2.05) is 66.7 Å². The number of carbonyl (C=O) groups excluding carboxylic acids is 1. The van der Waals surface area contributed by atoms with Crippen molar-refractivity contribution in [3.05, 3.63) is 85.2 Å². The van der Waals surface area contributed by atoms with E-state index in [4.69, 9.17) is 4.74 Å². The molecule has 6 nitrogen and oxygen atoms in total. The van der Waals surface area contributed by atoms with Crippen LogP contribution in [0.4, 0.5) is 5.82 Å². The predicted molar refractivity (Wildman–Crippen MR) is 108 cm³/mol. The Morgan fingerprint density at radius 3 is 2.36 bits per heavy atom. The van der Waals surface area contributed by atoms with Crippen LogP contribution in [0.3, 0.4) is 0 Å². The Hall–Kier alpha value is -3.93. The molecule has 0 spiro atoms. The van der Waals surface area contributed by atoms with Crippen LogP contribution in [0, 0.1) is 0 Å². The standard InChI is InChI=1S/C22H18N4O2/c27-22(24-21-14-20(25-26-21)18-10-12-23-13-11-18)15-28-19-8-6-17(7-9-19)16-4-2-1-3-5-16/h1-14H,15H2,(H2,24,25,26,27). The number of rotatable bonds is 6. The highest BCUT2D eigenvalue weighted by Crippen LogP contribution is 2.22. The summed E-state index contributed by atoms with van der Waals surface area (Å²) in [4.78, 5) is 16.1. The highest BCUT2D eigenvalue weighted by atomic mass is 16.5. The zero-order chi connectivity index (χ0) is 19.2. The van der Waals surface area contributed by atoms with Crippen LogP contribution in [-0.2, 0) is 4.79 Å². The molecule has 6 heteroatoms. The molecule has 0 fully saturated rings. The van der Waals surface area contributed by atoms with Crippen molar-refractivity contribution in [2.24, 2.45) is 0 Å². The molecular formula is C22H18N4O2. The summed E-state index contributed by atoms with van der Waals surface area (Å²) in [7, 11) is 0. The van der Waals surface area contributed by atoms with Gasteiger partial charge in [-0.05, 0) is 35.4 Å². The van der Waals surface area contributed by atoms with Crippen molar-refractivity contribution in [1.82, 2.24) is 15.2 Å². The first kappa shape index (κ1) is 17.5. The van der Waals surface area contributed by atoms with Gasteiger partial charge in [0, 0.05) is 24.0 Å². The van der Waals surface area contributed by atoms with Crippen LogP contribution in [0.2, 0.25) is 0 Å². The van der Waals surface area contributed by atoms with Gasteiger partial charge in [-0.2, -0.15) is 5.10 Å². The first-order valence-electron chi connectivity index (χ1n) is 8.82. The Balaban J connectivity index is 1.32. The highest BCUT2D eigenvalue weighted by Gasteiger charge is 2.08. The second-order valence-corrected chi connectivity index (χ2v) is 6.13. The summed E-state index contributed by atoms with van der Waals surface area (Å²) >= 11 is 0. The van der Waals surface area contributed by atoms with Gasteiger partial charge in [-0.3, -0.25) is 14.9 Å². The number of hydrogen-bond donors (Lipinski definition) is 2. The first-order valence-corrected chi connectivity index (χ1v) is 8.82. The van der Waals surface area contributed by atoms with Crippen LogP contribution in [0.15, 0.2) is 85.2 Å². The average Bonchev–Trinajstić information content (AvgIpc) is 3.22. The van der Waals surface area contributed by atoms with Crippen LogP contribution < -0.4 is 10.1 Å². The molecule has 4 rings (SSSR count). The normalized spacial score (nSPS) is 10.4. The molecule has 2 N–H and O–H groups in total. The number of aromatic nitrogens is 3. The molecule has 28 heavy (non-hydrogen) atoms. The number of pyridine rings is 1. The topological polar surface area (TPSA) is 79.9 Å². The largest absolute Gasteiger partial charge is 0.484 e. The average molecular weight is 370 g/mol. The van der Waals surface area contributed by atoms with Crippen molar-refractivity contribution in [2.75, 3.05) is 11.9 Å². The van der Waals surface area contributed by atoms with Gasteiger partial charge in [-0.25, -0.2) is 0 Å². The summed E-state index contributed by atoms with van der Waals surface area (Å²) in [6.07, 6.45) is 3.40. The predicted octanol–water partition coefficient (Wildman–Crippen LogP) is 4.16. The second-order valence-electron chi connectivity index (χ2n) is 6.13. The molecule has 2 heterocycles. The lowest BCUT2D eigenvalue weighted by molar-refractivity contribution is -0.118. The maximum Gasteiger partial charge on any atom is 0.263 e. The third kappa shape index (κ3) is 4.24. The fourth-order valence-electron chi connectivity index (χ4n) is 2.77. The van der Waals surface area contributed by atoms with E-state index in [1.165, 1.54) is 0 Å². The lowest BCUT2D eigenvalue weighted by Gasteiger charge is -2.07. The van der Waals surface area contributed by atoms with Crippen molar-refractivity contribution in [3.8, 4) is 28.1 Å². The summed E-state index contributed by atoms with van der Waals surface area (Å²) in [5.74, 6) is 0.800. The van der Waals surface area contributed by atoms with Crippen molar-refractivity contribution in [3.63, 3.8) is 0 Å². The third-order valence-electron chi connectivity index (χ3n) is 4.17.